The van der Waals surface area contributed by atoms with Crippen molar-refractivity contribution in [3.63, 3.8) is 0 Å². The van der Waals surface area contributed by atoms with Crippen molar-refractivity contribution in [2.24, 2.45) is 0 Å². The van der Waals surface area contributed by atoms with E-state index in [9.17, 15) is 14.4 Å². The molecule has 1 aliphatic heterocycles. The van der Waals surface area contributed by atoms with Crippen molar-refractivity contribution < 1.29 is 23.9 Å². The Morgan fingerprint density at radius 1 is 1.07 bits per heavy atom. The number of nitrogens with zero attached hydrogens (tertiary/aromatic N) is 1. The summed E-state index contributed by atoms with van der Waals surface area (Å²) in [5, 5.41) is 1.60. The number of imide groups is 1. The number of thioether (sulfide) groups is 1. The highest BCUT2D eigenvalue weighted by atomic mass is 32.2. The van der Waals surface area contributed by atoms with E-state index in [1.807, 2.05) is 54.6 Å². The second-order valence-corrected chi connectivity index (χ2v) is 7.72. The molecule has 0 aromatic heterocycles. The molecule has 0 saturated carbocycles. The summed E-state index contributed by atoms with van der Waals surface area (Å²) in [6.45, 7) is 0.942. The number of nitrogens with one attached hydrogen (secondary N) is 1. The van der Waals surface area contributed by atoms with Crippen molar-refractivity contribution in [1.29, 1.82) is 0 Å². The van der Waals surface area contributed by atoms with Crippen LogP contribution in [0.5, 0.6) is 5.75 Å². The van der Waals surface area contributed by atoms with E-state index in [2.05, 4.69) is 5.32 Å². The minimum Gasteiger partial charge on any atom is -0.492 e. The molecule has 2 aromatic carbocycles. The molecular weight excluding hydrogens is 392 g/mol. The molecule has 0 bridgehead atoms. The molecule has 3 amide bonds. The Morgan fingerprint density at radius 2 is 1.79 bits per heavy atom. The smallest absolute Gasteiger partial charge is 0.409 e. The number of carbonyl (C=O) groups excluding carboxylic acids is 3. The van der Waals surface area contributed by atoms with Crippen molar-refractivity contribution in [3.8, 4) is 5.75 Å². The van der Waals surface area contributed by atoms with Gasteiger partial charge in [-0.25, -0.2) is 4.79 Å². The summed E-state index contributed by atoms with van der Waals surface area (Å²) < 4.78 is 10.9. The van der Waals surface area contributed by atoms with E-state index in [0.717, 1.165) is 22.9 Å². The monoisotopic (exact) mass is 414 g/mol. The van der Waals surface area contributed by atoms with Crippen molar-refractivity contribution in [3.05, 3.63) is 65.7 Å². The van der Waals surface area contributed by atoms with Gasteiger partial charge < -0.3 is 14.4 Å². The molecule has 1 unspecified atom stereocenters. The molecule has 0 spiro atoms. The first-order valence-electron chi connectivity index (χ1n) is 9.16. The number of rotatable bonds is 8. The van der Waals surface area contributed by atoms with Gasteiger partial charge >= 0.3 is 6.09 Å². The zero-order valence-electron chi connectivity index (χ0n) is 16.0. The lowest BCUT2D eigenvalue weighted by Gasteiger charge is -2.17. The molecule has 2 aromatic rings. The zero-order valence-corrected chi connectivity index (χ0v) is 16.8. The quantitative estimate of drug-likeness (QED) is 0.714. The summed E-state index contributed by atoms with van der Waals surface area (Å²) in [5.41, 5.74) is 1.88. The second-order valence-electron chi connectivity index (χ2n) is 6.54. The maximum atomic E-state index is 12.0. The fourth-order valence-corrected chi connectivity index (χ4v) is 3.54. The van der Waals surface area contributed by atoms with Gasteiger partial charge in [0.1, 0.15) is 19.0 Å². The number of likely N-dealkylation sites (N-methyl/N-ethyl adjacent to an activating group) is 1. The molecule has 1 heterocycles. The molecule has 1 fully saturated rings. The first kappa shape index (κ1) is 20.7. The predicted molar refractivity (Wildman–Crippen MR) is 110 cm³/mol. The van der Waals surface area contributed by atoms with Gasteiger partial charge in [0.2, 0.25) is 5.91 Å². The third-order valence-electron chi connectivity index (χ3n) is 4.32. The highest BCUT2D eigenvalue weighted by Crippen LogP contribution is 2.23. The molecule has 7 nitrogen and oxygen atoms in total. The van der Waals surface area contributed by atoms with Crippen LogP contribution in [0.1, 0.15) is 11.1 Å². The Balaban J connectivity index is 1.38. The van der Waals surface area contributed by atoms with Crippen molar-refractivity contribution in [2.75, 3.05) is 20.2 Å². The van der Waals surface area contributed by atoms with Gasteiger partial charge in [-0.05, 0) is 29.7 Å². The highest BCUT2D eigenvalue weighted by Gasteiger charge is 2.31. The number of benzene rings is 2. The summed E-state index contributed by atoms with van der Waals surface area (Å²) in [7, 11) is 1.66. The van der Waals surface area contributed by atoms with Crippen LogP contribution in [0.25, 0.3) is 0 Å². The Hall–Kier alpha value is -3.00. The third-order valence-corrected chi connectivity index (χ3v) is 5.31. The fraction of sp³-hybridized carbons (Fsp3) is 0.286. The predicted octanol–water partition coefficient (Wildman–Crippen LogP) is 3.23. The minimum atomic E-state index is -0.408. The standard InChI is InChI=1S/C21H22N2O5S/c1-23(21(26)28-14-16-5-3-2-4-6-16)11-12-27-17-9-7-15(8-10-17)13-18-19(24)22-20(25)29-18/h2-10,18H,11-14H2,1H3,(H,22,24,25). The normalized spacial score (nSPS) is 15.7. The van der Waals surface area contributed by atoms with Crippen LogP contribution in [0.2, 0.25) is 0 Å². The first-order valence-corrected chi connectivity index (χ1v) is 10.0. The number of hydrogen-bond acceptors (Lipinski definition) is 6. The van der Waals surface area contributed by atoms with E-state index in [-0.39, 0.29) is 23.0 Å². The minimum absolute atomic E-state index is 0.231. The van der Waals surface area contributed by atoms with E-state index in [4.69, 9.17) is 9.47 Å². The van der Waals surface area contributed by atoms with E-state index in [1.54, 1.807) is 7.05 Å². The SMILES string of the molecule is CN(CCOc1ccc(CC2SC(=O)NC2=O)cc1)C(=O)OCc1ccccc1. The molecular formula is C21H22N2O5S. The highest BCUT2D eigenvalue weighted by molar-refractivity contribution is 8.15. The van der Waals surface area contributed by atoms with Crippen LogP contribution in [0, 0.1) is 0 Å². The maximum Gasteiger partial charge on any atom is 0.409 e. The molecule has 152 valence electrons. The lowest BCUT2D eigenvalue weighted by atomic mass is 10.1. The largest absolute Gasteiger partial charge is 0.492 e. The van der Waals surface area contributed by atoms with Gasteiger partial charge in [-0.1, -0.05) is 54.2 Å². The summed E-state index contributed by atoms with van der Waals surface area (Å²) in [4.78, 5) is 36.3. The van der Waals surface area contributed by atoms with Gasteiger partial charge in [-0.2, -0.15) is 0 Å². The molecule has 1 saturated heterocycles. The van der Waals surface area contributed by atoms with Crippen molar-refractivity contribution >= 4 is 29.0 Å². The van der Waals surface area contributed by atoms with Crippen LogP contribution in [0.3, 0.4) is 0 Å². The van der Waals surface area contributed by atoms with Crippen molar-refractivity contribution in [1.82, 2.24) is 10.2 Å². The van der Waals surface area contributed by atoms with Crippen LogP contribution in [0.15, 0.2) is 54.6 Å². The molecule has 1 N–H and O–H groups in total. The molecule has 29 heavy (non-hydrogen) atoms. The van der Waals surface area contributed by atoms with Gasteiger partial charge in [-0.3, -0.25) is 14.9 Å². The number of hydrogen-bond donors (Lipinski definition) is 1. The van der Waals surface area contributed by atoms with Crippen LogP contribution in [-0.4, -0.2) is 47.6 Å². The Bertz CT molecular complexity index is 857. The fourth-order valence-electron chi connectivity index (χ4n) is 2.68. The van der Waals surface area contributed by atoms with Crippen LogP contribution in [-0.2, 0) is 22.6 Å². The van der Waals surface area contributed by atoms with Crippen LogP contribution < -0.4 is 10.1 Å². The average molecular weight is 414 g/mol. The molecule has 0 radical (unpaired) electrons. The maximum absolute atomic E-state index is 12.0. The van der Waals surface area contributed by atoms with Gasteiger partial charge in [0.25, 0.3) is 5.24 Å². The van der Waals surface area contributed by atoms with Crippen LogP contribution >= 0.6 is 11.8 Å². The van der Waals surface area contributed by atoms with Crippen molar-refractivity contribution in [2.45, 2.75) is 18.3 Å². The van der Waals surface area contributed by atoms with E-state index >= 15 is 0 Å². The molecule has 0 aliphatic carbocycles. The first-order chi connectivity index (χ1) is 14.0. The lowest BCUT2D eigenvalue weighted by molar-refractivity contribution is -0.118. The van der Waals surface area contributed by atoms with Gasteiger partial charge in [-0.15, -0.1) is 0 Å². The second kappa shape index (κ2) is 9.97. The van der Waals surface area contributed by atoms with E-state index in [1.165, 1.54) is 4.90 Å². The van der Waals surface area contributed by atoms with Gasteiger partial charge in [0, 0.05) is 7.05 Å². The number of carbonyl (C=O) groups is 3. The molecule has 1 atom stereocenters. The summed E-state index contributed by atoms with van der Waals surface area (Å²) in [6, 6.07) is 16.8. The van der Waals surface area contributed by atoms with E-state index in [0.29, 0.717) is 25.3 Å². The Kier molecular flexibility index (Phi) is 7.13. The third kappa shape index (κ3) is 6.25. The van der Waals surface area contributed by atoms with E-state index < -0.39 is 6.09 Å². The molecule has 1 aliphatic rings. The Labute approximate surface area is 173 Å². The topological polar surface area (TPSA) is 84.9 Å². The summed E-state index contributed by atoms with van der Waals surface area (Å²) in [6.07, 6.45) is 0.0769. The summed E-state index contributed by atoms with van der Waals surface area (Å²) >= 11 is 1.01. The lowest BCUT2D eigenvalue weighted by Crippen LogP contribution is -2.31. The molecule has 8 heteroatoms. The number of ether oxygens (including phenoxy) is 2. The average Bonchev–Trinajstić information content (AvgIpc) is 3.04. The van der Waals surface area contributed by atoms with Gasteiger partial charge in [0.15, 0.2) is 0 Å². The molecule has 3 rings (SSSR count). The zero-order chi connectivity index (χ0) is 20.6. The number of amides is 3. The van der Waals surface area contributed by atoms with Crippen LogP contribution in [0.4, 0.5) is 9.59 Å². The van der Waals surface area contributed by atoms with Gasteiger partial charge in [0.05, 0.1) is 11.8 Å². The summed E-state index contributed by atoms with van der Waals surface area (Å²) in [5.74, 6) is 0.418. The Morgan fingerprint density at radius 3 is 2.45 bits per heavy atom.